The quantitative estimate of drug-likeness (QED) is 0.168. The summed E-state index contributed by atoms with van der Waals surface area (Å²) in [5.74, 6) is -4.11. The fraction of sp³-hybridized carbons (Fsp3) is 0.455. The molecule has 17 heteroatoms. The first kappa shape index (κ1) is 28.6. The molecule has 0 bridgehead atoms. The van der Waals surface area contributed by atoms with Gasteiger partial charge in [-0.1, -0.05) is 18.2 Å². The van der Waals surface area contributed by atoms with Crippen LogP contribution in [-0.4, -0.2) is 72.5 Å². The van der Waals surface area contributed by atoms with Crippen LogP contribution in [-0.2, 0) is 23.4 Å². The normalized spacial score (nSPS) is 25.5. The van der Waals surface area contributed by atoms with Crippen molar-refractivity contribution in [3.63, 3.8) is 0 Å². The second-order valence-corrected chi connectivity index (χ2v) is 10.7. The van der Waals surface area contributed by atoms with E-state index in [2.05, 4.69) is 20.0 Å². The van der Waals surface area contributed by atoms with Gasteiger partial charge in [-0.05, 0) is 32.9 Å². The number of esters is 1. The highest BCUT2D eigenvalue weighted by Crippen LogP contribution is 2.48. The van der Waals surface area contributed by atoms with Gasteiger partial charge in [0.2, 0.25) is 5.95 Å². The van der Waals surface area contributed by atoms with Crippen LogP contribution in [0.2, 0.25) is 0 Å². The van der Waals surface area contributed by atoms with Gasteiger partial charge in [-0.25, -0.2) is 13.9 Å². The number of hydrogen-bond donors (Lipinski definition) is 5. The van der Waals surface area contributed by atoms with E-state index >= 15 is 4.39 Å². The number of nitrogens with one attached hydrogen (secondary N) is 2. The molecule has 1 aliphatic rings. The molecule has 3 heterocycles. The van der Waals surface area contributed by atoms with Crippen molar-refractivity contribution in [2.75, 3.05) is 12.3 Å². The first-order chi connectivity index (χ1) is 18.3. The standard InChI is InChI=1S/C22H28FN6O9P/c1-11(2)36-20(33)12(3)28-39(34,38-13-7-5-4-6-8-13)35-9-22(23)16(31)15(30)19(37-22)29-10-25-14-17(29)26-21(24)27-18(14)32/h4-8,10-12,15-16,19,30-31H,9H2,1-3H3,(H,28,34)(H3,24,26,27,32). The Morgan fingerprint density at radius 3 is 2.69 bits per heavy atom. The van der Waals surface area contributed by atoms with Gasteiger partial charge in [-0.15, -0.1) is 0 Å². The number of alkyl halides is 1. The molecule has 1 aliphatic heterocycles. The average molecular weight is 570 g/mol. The Morgan fingerprint density at radius 1 is 1.33 bits per heavy atom. The van der Waals surface area contributed by atoms with Crippen LogP contribution in [0.15, 0.2) is 41.5 Å². The predicted molar refractivity (Wildman–Crippen MR) is 133 cm³/mol. The molecule has 6 atom stereocenters. The lowest BCUT2D eigenvalue weighted by Gasteiger charge is -2.27. The SMILES string of the molecule is CC(C)OC(=O)C(C)NP(=O)(OCC1(F)OC(n2cnc3c(=O)[nH]c(N)nc32)C(O)C1O)Oc1ccccc1. The molecular formula is C22H28FN6O9P. The zero-order chi connectivity index (χ0) is 28.5. The molecule has 2 aromatic heterocycles. The maximum atomic E-state index is 15.9. The summed E-state index contributed by atoms with van der Waals surface area (Å²) in [6, 6.07) is 6.53. The van der Waals surface area contributed by atoms with Gasteiger partial charge in [-0.2, -0.15) is 10.1 Å². The van der Waals surface area contributed by atoms with Gasteiger partial charge in [0.05, 0.1) is 12.4 Å². The third kappa shape index (κ3) is 6.11. The second kappa shape index (κ2) is 11.0. The molecule has 0 saturated carbocycles. The largest absolute Gasteiger partial charge is 0.462 e. The Kier molecular flexibility index (Phi) is 8.07. The maximum Gasteiger partial charge on any atom is 0.459 e. The summed E-state index contributed by atoms with van der Waals surface area (Å²) in [5.41, 5.74) is 4.57. The van der Waals surface area contributed by atoms with Crippen molar-refractivity contribution in [3.05, 3.63) is 47.0 Å². The monoisotopic (exact) mass is 570 g/mol. The fourth-order valence-corrected chi connectivity index (χ4v) is 5.23. The Labute approximate surface area is 220 Å². The van der Waals surface area contributed by atoms with Crippen molar-refractivity contribution in [1.29, 1.82) is 0 Å². The summed E-state index contributed by atoms with van der Waals surface area (Å²) in [4.78, 5) is 34.4. The number of fused-ring (bicyclic) bond motifs is 1. The minimum absolute atomic E-state index is 0.0650. The molecule has 15 nitrogen and oxygen atoms in total. The Morgan fingerprint density at radius 2 is 2.03 bits per heavy atom. The highest BCUT2D eigenvalue weighted by atomic mass is 31.2. The number of para-hydroxylation sites is 1. The van der Waals surface area contributed by atoms with E-state index in [0.717, 1.165) is 10.9 Å². The number of carbonyl (C=O) groups excluding carboxylic acids is 1. The zero-order valence-electron chi connectivity index (χ0n) is 21.1. The molecule has 0 aliphatic carbocycles. The number of halogens is 1. The van der Waals surface area contributed by atoms with Crippen molar-refractivity contribution in [1.82, 2.24) is 24.6 Å². The lowest BCUT2D eigenvalue weighted by Crippen LogP contribution is -2.44. The van der Waals surface area contributed by atoms with Crippen molar-refractivity contribution in [2.24, 2.45) is 0 Å². The van der Waals surface area contributed by atoms with Gasteiger partial charge in [0.25, 0.3) is 11.4 Å². The summed E-state index contributed by atoms with van der Waals surface area (Å²) >= 11 is 0. The number of anilines is 1. The lowest BCUT2D eigenvalue weighted by atomic mass is 10.1. The number of nitrogen functional groups attached to an aromatic ring is 1. The fourth-order valence-electron chi connectivity index (χ4n) is 3.73. The molecule has 6 N–H and O–H groups in total. The molecule has 0 amide bonds. The number of imidazole rings is 1. The van der Waals surface area contributed by atoms with E-state index < -0.39 is 62.3 Å². The number of ether oxygens (including phenoxy) is 2. The van der Waals surface area contributed by atoms with E-state index in [1.165, 1.54) is 19.1 Å². The predicted octanol–water partition coefficient (Wildman–Crippen LogP) is 0.752. The molecular weight excluding hydrogens is 542 g/mol. The summed E-state index contributed by atoms with van der Waals surface area (Å²) in [7, 11) is -4.53. The first-order valence-electron chi connectivity index (χ1n) is 11.7. The lowest BCUT2D eigenvalue weighted by molar-refractivity contribution is -0.202. The molecule has 6 unspecified atom stereocenters. The number of aliphatic hydroxyl groups is 2. The minimum atomic E-state index is -4.53. The molecule has 3 aromatic rings. The number of H-pyrrole nitrogens is 1. The number of aromatic amines is 1. The van der Waals surface area contributed by atoms with Crippen LogP contribution in [0.4, 0.5) is 10.3 Å². The van der Waals surface area contributed by atoms with E-state index in [-0.39, 0.29) is 22.9 Å². The van der Waals surface area contributed by atoms with Gasteiger partial charge in [0, 0.05) is 0 Å². The van der Waals surface area contributed by atoms with Crippen LogP contribution in [0.25, 0.3) is 11.2 Å². The van der Waals surface area contributed by atoms with Gasteiger partial charge >= 0.3 is 13.7 Å². The maximum absolute atomic E-state index is 15.9. The van der Waals surface area contributed by atoms with E-state index in [4.69, 9.17) is 24.3 Å². The van der Waals surface area contributed by atoms with Crippen molar-refractivity contribution in [2.45, 2.75) is 57.2 Å². The minimum Gasteiger partial charge on any atom is -0.462 e. The number of hydrogen-bond acceptors (Lipinski definition) is 12. The summed E-state index contributed by atoms with van der Waals surface area (Å²) in [5, 5.41) is 23.5. The van der Waals surface area contributed by atoms with Gasteiger partial charge in [0.1, 0.15) is 30.6 Å². The number of carbonyl (C=O) groups is 1. The van der Waals surface area contributed by atoms with Crippen molar-refractivity contribution < 1.29 is 42.5 Å². The van der Waals surface area contributed by atoms with Gasteiger partial charge < -0.3 is 29.9 Å². The number of aromatic nitrogens is 4. The molecule has 39 heavy (non-hydrogen) atoms. The summed E-state index contributed by atoms with van der Waals surface area (Å²) < 4.78 is 51.7. The first-order valence-corrected chi connectivity index (χ1v) is 13.3. The van der Waals surface area contributed by atoms with Crippen molar-refractivity contribution >= 4 is 30.8 Å². The second-order valence-electron chi connectivity index (χ2n) is 9.02. The Hall–Kier alpha value is -3.40. The van der Waals surface area contributed by atoms with Crippen LogP contribution >= 0.6 is 7.75 Å². The number of nitrogens with zero attached hydrogens (tertiary/aromatic N) is 3. The number of rotatable bonds is 10. The highest BCUT2D eigenvalue weighted by molar-refractivity contribution is 7.52. The van der Waals surface area contributed by atoms with E-state index in [0.29, 0.717) is 0 Å². The molecule has 0 spiro atoms. The third-order valence-electron chi connectivity index (χ3n) is 5.56. The highest BCUT2D eigenvalue weighted by Gasteiger charge is 2.57. The summed E-state index contributed by atoms with van der Waals surface area (Å²) in [6.07, 6.45) is -5.17. The molecule has 212 valence electrons. The molecule has 0 radical (unpaired) electrons. The molecule has 4 rings (SSSR count). The van der Waals surface area contributed by atoms with E-state index in [1.807, 2.05) is 0 Å². The number of aliphatic hydroxyl groups excluding tert-OH is 2. The van der Waals surface area contributed by atoms with Crippen LogP contribution in [0.3, 0.4) is 0 Å². The van der Waals surface area contributed by atoms with Crippen LogP contribution in [0.1, 0.15) is 27.0 Å². The smallest absolute Gasteiger partial charge is 0.459 e. The Balaban J connectivity index is 1.57. The van der Waals surface area contributed by atoms with Crippen LogP contribution in [0, 0.1) is 0 Å². The van der Waals surface area contributed by atoms with Crippen molar-refractivity contribution in [3.8, 4) is 5.75 Å². The van der Waals surface area contributed by atoms with E-state index in [9.17, 15) is 24.4 Å². The zero-order valence-corrected chi connectivity index (χ0v) is 21.9. The van der Waals surface area contributed by atoms with Gasteiger partial charge in [0.15, 0.2) is 17.4 Å². The van der Waals surface area contributed by atoms with Crippen LogP contribution in [0.5, 0.6) is 5.75 Å². The van der Waals surface area contributed by atoms with Crippen LogP contribution < -0.4 is 20.9 Å². The van der Waals surface area contributed by atoms with Gasteiger partial charge in [-0.3, -0.25) is 23.7 Å². The number of nitrogens with two attached hydrogens (primary N) is 1. The molecule has 1 fully saturated rings. The number of benzene rings is 1. The topological polar surface area (TPSA) is 213 Å². The molecule has 1 saturated heterocycles. The van der Waals surface area contributed by atoms with E-state index in [1.54, 1.807) is 32.0 Å². The average Bonchev–Trinajstić information content (AvgIpc) is 3.38. The Bertz CT molecular complexity index is 1440. The third-order valence-corrected chi connectivity index (χ3v) is 7.18. The molecule has 1 aromatic carbocycles. The summed E-state index contributed by atoms with van der Waals surface area (Å²) in [6.45, 7) is 3.37.